The maximum atomic E-state index is 11.5. The second-order valence-corrected chi connectivity index (χ2v) is 5.22. The first kappa shape index (κ1) is 16.2. The highest BCUT2D eigenvalue weighted by Gasteiger charge is 2.17. The third kappa shape index (κ3) is 8.94. The number of carbonyl (C=O) groups excluding carboxylic acids is 1. The Morgan fingerprint density at radius 2 is 1.94 bits per heavy atom. The molecule has 0 bridgehead atoms. The highest BCUT2D eigenvalue weighted by Crippen LogP contribution is 2.05. The van der Waals surface area contributed by atoms with Crippen LogP contribution in [0.2, 0.25) is 0 Å². The van der Waals surface area contributed by atoms with Crippen molar-refractivity contribution >= 4 is 6.03 Å². The number of methoxy groups -OCH3 is 1. The summed E-state index contributed by atoms with van der Waals surface area (Å²) in [6.07, 6.45) is 0.353. The molecule has 0 aliphatic rings. The number of hydrogen-bond acceptors (Lipinski definition) is 3. The van der Waals surface area contributed by atoms with Crippen molar-refractivity contribution in [2.45, 2.75) is 45.8 Å². The number of aliphatic hydroxyl groups excluding tert-OH is 1. The van der Waals surface area contributed by atoms with Crippen molar-refractivity contribution in [2.24, 2.45) is 5.92 Å². The molecule has 2 unspecified atom stereocenters. The molecule has 5 nitrogen and oxygen atoms in total. The second-order valence-electron chi connectivity index (χ2n) is 5.22. The Kier molecular flexibility index (Phi) is 7.15. The molecule has 0 aliphatic heterocycles. The Morgan fingerprint density at radius 3 is 2.41 bits per heavy atom. The second kappa shape index (κ2) is 7.50. The van der Waals surface area contributed by atoms with E-state index in [9.17, 15) is 9.90 Å². The van der Waals surface area contributed by atoms with Gasteiger partial charge >= 0.3 is 6.03 Å². The minimum Gasteiger partial charge on any atom is -0.393 e. The Bertz CT molecular complexity index is 230. The molecular weight excluding hydrogens is 220 g/mol. The number of nitrogens with one attached hydrogen (secondary N) is 2. The van der Waals surface area contributed by atoms with Crippen LogP contribution >= 0.6 is 0 Å². The van der Waals surface area contributed by atoms with Crippen LogP contribution in [-0.4, -0.2) is 43.0 Å². The molecule has 0 aliphatic carbocycles. The average molecular weight is 246 g/mol. The van der Waals surface area contributed by atoms with Crippen LogP contribution < -0.4 is 10.6 Å². The molecule has 0 saturated carbocycles. The van der Waals surface area contributed by atoms with E-state index in [1.54, 1.807) is 14.0 Å². The summed E-state index contributed by atoms with van der Waals surface area (Å²) in [6.45, 7) is 8.57. The van der Waals surface area contributed by atoms with Gasteiger partial charge < -0.3 is 20.5 Å². The molecule has 2 atom stereocenters. The van der Waals surface area contributed by atoms with E-state index in [1.807, 2.05) is 20.8 Å². The number of ether oxygens (including phenoxy) is 1. The zero-order valence-electron chi connectivity index (χ0n) is 11.5. The zero-order valence-corrected chi connectivity index (χ0v) is 11.5. The molecule has 0 fully saturated rings. The Hall–Kier alpha value is -0.810. The van der Waals surface area contributed by atoms with Gasteiger partial charge in [0, 0.05) is 20.2 Å². The van der Waals surface area contributed by atoms with Gasteiger partial charge in [0.15, 0.2) is 0 Å². The lowest BCUT2D eigenvalue weighted by atomic mass is 10.1. The van der Waals surface area contributed by atoms with Crippen LogP contribution in [0, 0.1) is 5.92 Å². The van der Waals surface area contributed by atoms with Crippen molar-refractivity contribution in [1.82, 2.24) is 10.6 Å². The fraction of sp³-hybridized carbons (Fsp3) is 0.917. The van der Waals surface area contributed by atoms with Crippen LogP contribution in [0.5, 0.6) is 0 Å². The van der Waals surface area contributed by atoms with Gasteiger partial charge in [-0.2, -0.15) is 0 Å². The standard InChI is InChI=1S/C12H26N2O3/c1-9(6-10(2)15)7-13-11(16)14-8-12(3,4)17-5/h9-10,15H,6-8H2,1-5H3,(H2,13,14,16). The highest BCUT2D eigenvalue weighted by molar-refractivity contribution is 5.73. The summed E-state index contributed by atoms with van der Waals surface area (Å²) in [4.78, 5) is 11.5. The molecule has 3 N–H and O–H groups in total. The lowest BCUT2D eigenvalue weighted by Crippen LogP contribution is -2.45. The first-order chi connectivity index (χ1) is 7.76. The monoisotopic (exact) mass is 246 g/mol. The highest BCUT2D eigenvalue weighted by atomic mass is 16.5. The number of hydrogen-bond donors (Lipinski definition) is 3. The SMILES string of the molecule is COC(C)(C)CNC(=O)NCC(C)CC(C)O. The quantitative estimate of drug-likeness (QED) is 0.630. The maximum absolute atomic E-state index is 11.5. The number of carbonyl (C=O) groups is 1. The minimum atomic E-state index is -0.359. The summed E-state index contributed by atoms with van der Waals surface area (Å²) < 4.78 is 5.19. The van der Waals surface area contributed by atoms with Gasteiger partial charge in [-0.15, -0.1) is 0 Å². The Morgan fingerprint density at radius 1 is 1.35 bits per heavy atom. The van der Waals surface area contributed by atoms with Gasteiger partial charge in [-0.25, -0.2) is 4.79 Å². The third-order valence-electron chi connectivity index (χ3n) is 2.58. The fourth-order valence-electron chi connectivity index (χ4n) is 1.36. The predicted octanol–water partition coefficient (Wildman–Crippen LogP) is 1.12. The van der Waals surface area contributed by atoms with E-state index >= 15 is 0 Å². The molecule has 0 radical (unpaired) electrons. The molecular formula is C12H26N2O3. The van der Waals surface area contributed by atoms with Crippen molar-refractivity contribution in [2.75, 3.05) is 20.2 Å². The van der Waals surface area contributed by atoms with Gasteiger partial charge in [-0.1, -0.05) is 6.92 Å². The molecule has 0 aromatic carbocycles. The van der Waals surface area contributed by atoms with E-state index in [4.69, 9.17) is 4.74 Å². The van der Waals surface area contributed by atoms with Gasteiger partial charge in [-0.05, 0) is 33.1 Å². The topological polar surface area (TPSA) is 70.6 Å². The van der Waals surface area contributed by atoms with E-state index in [2.05, 4.69) is 10.6 Å². The summed E-state index contributed by atoms with van der Waals surface area (Å²) in [7, 11) is 1.62. The molecule has 0 aromatic rings. The fourth-order valence-corrected chi connectivity index (χ4v) is 1.36. The molecule has 0 heterocycles. The van der Waals surface area contributed by atoms with Gasteiger partial charge in [0.1, 0.15) is 0 Å². The molecule has 17 heavy (non-hydrogen) atoms. The number of amides is 2. The summed E-state index contributed by atoms with van der Waals surface area (Å²) in [5.74, 6) is 0.260. The summed E-state index contributed by atoms with van der Waals surface area (Å²) in [5, 5.41) is 14.7. The predicted molar refractivity (Wildman–Crippen MR) is 68.0 cm³/mol. The summed E-state index contributed by atoms with van der Waals surface area (Å²) in [6, 6.07) is -0.201. The van der Waals surface area contributed by atoms with E-state index in [1.165, 1.54) is 0 Å². The molecule has 102 valence electrons. The third-order valence-corrected chi connectivity index (χ3v) is 2.58. The summed E-state index contributed by atoms with van der Waals surface area (Å²) >= 11 is 0. The first-order valence-electron chi connectivity index (χ1n) is 6.01. The zero-order chi connectivity index (χ0) is 13.5. The largest absolute Gasteiger partial charge is 0.393 e. The van der Waals surface area contributed by atoms with Crippen molar-refractivity contribution in [3.63, 3.8) is 0 Å². The molecule has 5 heteroatoms. The van der Waals surface area contributed by atoms with E-state index in [-0.39, 0.29) is 23.7 Å². The first-order valence-corrected chi connectivity index (χ1v) is 6.01. The number of aliphatic hydroxyl groups is 1. The van der Waals surface area contributed by atoms with Crippen LogP contribution in [0.15, 0.2) is 0 Å². The van der Waals surface area contributed by atoms with E-state index < -0.39 is 0 Å². The average Bonchev–Trinajstić information content (AvgIpc) is 2.23. The lowest BCUT2D eigenvalue weighted by molar-refractivity contribution is 0.0253. The van der Waals surface area contributed by atoms with Crippen LogP contribution in [0.4, 0.5) is 4.79 Å². The number of urea groups is 1. The van der Waals surface area contributed by atoms with Crippen LogP contribution in [0.3, 0.4) is 0 Å². The lowest BCUT2D eigenvalue weighted by Gasteiger charge is -2.23. The molecule has 0 saturated heterocycles. The van der Waals surface area contributed by atoms with E-state index in [0.717, 1.165) is 0 Å². The molecule has 2 amide bonds. The van der Waals surface area contributed by atoms with Crippen molar-refractivity contribution in [1.29, 1.82) is 0 Å². The molecule has 0 aromatic heterocycles. The van der Waals surface area contributed by atoms with Gasteiger partial charge in [0.25, 0.3) is 0 Å². The van der Waals surface area contributed by atoms with Crippen LogP contribution in [0.25, 0.3) is 0 Å². The minimum absolute atomic E-state index is 0.201. The van der Waals surface area contributed by atoms with Crippen molar-refractivity contribution in [3.05, 3.63) is 0 Å². The maximum Gasteiger partial charge on any atom is 0.314 e. The normalized spacial score (nSPS) is 15.2. The van der Waals surface area contributed by atoms with Crippen molar-refractivity contribution < 1.29 is 14.6 Å². The Labute approximate surface area is 104 Å². The van der Waals surface area contributed by atoms with E-state index in [0.29, 0.717) is 19.5 Å². The van der Waals surface area contributed by atoms with Crippen molar-refractivity contribution in [3.8, 4) is 0 Å². The number of rotatable bonds is 7. The van der Waals surface area contributed by atoms with Gasteiger partial charge in [0.05, 0.1) is 11.7 Å². The van der Waals surface area contributed by atoms with Crippen LogP contribution in [0.1, 0.15) is 34.1 Å². The smallest absolute Gasteiger partial charge is 0.314 e. The van der Waals surface area contributed by atoms with Crippen LogP contribution in [-0.2, 0) is 4.74 Å². The molecule has 0 rings (SSSR count). The van der Waals surface area contributed by atoms with Gasteiger partial charge in [-0.3, -0.25) is 0 Å². The van der Waals surface area contributed by atoms with Gasteiger partial charge in [0.2, 0.25) is 0 Å². The summed E-state index contributed by atoms with van der Waals surface area (Å²) in [5.41, 5.74) is -0.359. The Balaban J connectivity index is 3.73. The molecule has 0 spiro atoms.